The van der Waals surface area contributed by atoms with E-state index in [0.29, 0.717) is 5.69 Å². The van der Waals surface area contributed by atoms with E-state index in [1.165, 1.54) is 45.4 Å². The number of imide groups is 1. The molecule has 0 saturated carbocycles. The second-order valence-corrected chi connectivity index (χ2v) is 9.69. The van der Waals surface area contributed by atoms with Gasteiger partial charge in [-0.15, -0.1) is 0 Å². The second-order valence-electron chi connectivity index (χ2n) is 7.80. The summed E-state index contributed by atoms with van der Waals surface area (Å²) in [7, 11) is -1.46. The zero-order valence-corrected chi connectivity index (χ0v) is 20.2. The van der Waals surface area contributed by atoms with Crippen LogP contribution in [0.2, 0.25) is 0 Å². The van der Waals surface area contributed by atoms with E-state index in [2.05, 4.69) is 5.32 Å². The van der Waals surface area contributed by atoms with Crippen molar-refractivity contribution in [3.8, 4) is 0 Å². The Morgan fingerprint density at radius 3 is 2.21 bits per heavy atom. The fourth-order valence-corrected chi connectivity index (χ4v) is 5.21. The van der Waals surface area contributed by atoms with Crippen LogP contribution >= 0.6 is 0 Å². The van der Waals surface area contributed by atoms with Crippen molar-refractivity contribution in [2.24, 2.45) is 0 Å². The predicted octanol–water partition coefficient (Wildman–Crippen LogP) is 1.90. The van der Waals surface area contributed by atoms with Gasteiger partial charge in [0.05, 0.1) is 23.5 Å². The molecule has 34 heavy (non-hydrogen) atoms. The maximum atomic E-state index is 13.5. The van der Waals surface area contributed by atoms with Gasteiger partial charge in [-0.2, -0.15) is 4.31 Å². The summed E-state index contributed by atoms with van der Waals surface area (Å²) in [4.78, 5) is 38.4. The van der Waals surface area contributed by atoms with Gasteiger partial charge in [-0.1, -0.05) is 17.7 Å². The molecule has 182 valence electrons. The number of sulfonamides is 1. The Hall–Kier alpha value is -3.12. The van der Waals surface area contributed by atoms with Gasteiger partial charge in [0.1, 0.15) is 6.04 Å². The van der Waals surface area contributed by atoms with Crippen molar-refractivity contribution in [2.45, 2.75) is 37.5 Å². The smallest absolute Gasteiger partial charge is 0.252 e. The molecule has 2 aromatic rings. The van der Waals surface area contributed by atoms with Crippen LogP contribution in [0.15, 0.2) is 53.4 Å². The van der Waals surface area contributed by atoms with Gasteiger partial charge in [-0.25, -0.2) is 13.3 Å². The van der Waals surface area contributed by atoms with Gasteiger partial charge < -0.3 is 14.8 Å². The zero-order valence-electron chi connectivity index (χ0n) is 19.3. The van der Waals surface area contributed by atoms with Crippen LogP contribution in [0.3, 0.4) is 0 Å². The molecule has 1 N–H and O–H groups in total. The first-order valence-electron chi connectivity index (χ1n) is 10.5. The van der Waals surface area contributed by atoms with Crippen LogP contribution in [0, 0.1) is 6.92 Å². The Morgan fingerprint density at radius 2 is 1.68 bits per heavy atom. The van der Waals surface area contributed by atoms with Crippen molar-refractivity contribution in [2.75, 3.05) is 31.0 Å². The predicted molar refractivity (Wildman–Crippen MR) is 125 cm³/mol. The molecule has 3 rings (SSSR count). The highest BCUT2D eigenvalue weighted by atomic mass is 32.2. The number of amides is 3. The van der Waals surface area contributed by atoms with Gasteiger partial charge in [-0.3, -0.25) is 14.4 Å². The van der Waals surface area contributed by atoms with Crippen LogP contribution in [0.5, 0.6) is 0 Å². The largest absolute Gasteiger partial charge is 0.354 e. The average Bonchev–Trinajstić information content (AvgIpc) is 3.08. The quantitative estimate of drug-likeness (QED) is 0.422. The lowest BCUT2D eigenvalue weighted by molar-refractivity contribution is -0.126. The Balaban J connectivity index is 1.96. The van der Waals surface area contributed by atoms with E-state index in [4.69, 9.17) is 9.47 Å². The molecular weight excluding hydrogens is 462 g/mol. The Morgan fingerprint density at radius 1 is 1.09 bits per heavy atom. The topological polar surface area (TPSA) is 122 Å². The molecule has 1 atom stereocenters. The first-order valence-corrected chi connectivity index (χ1v) is 11.9. The average molecular weight is 490 g/mol. The van der Waals surface area contributed by atoms with Crippen molar-refractivity contribution < 1.29 is 32.3 Å². The lowest BCUT2D eigenvalue weighted by atomic mass is 10.2. The maximum absolute atomic E-state index is 13.5. The number of ether oxygens (including phenoxy) is 2. The number of nitrogens with one attached hydrogen (secondary N) is 1. The molecule has 11 heteroatoms. The van der Waals surface area contributed by atoms with Crippen molar-refractivity contribution in [1.82, 2.24) is 4.31 Å². The molecule has 0 aliphatic carbocycles. The molecule has 1 fully saturated rings. The normalized spacial score (nSPS) is 16.5. The fraction of sp³-hybridized carbons (Fsp3) is 0.348. The Labute approximate surface area is 198 Å². The lowest BCUT2D eigenvalue weighted by Gasteiger charge is -2.29. The summed E-state index contributed by atoms with van der Waals surface area (Å²) in [6, 6.07) is 11.1. The van der Waals surface area contributed by atoms with Crippen LogP contribution in [-0.2, 0) is 33.9 Å². The maximum Gasteiger partial charge on any atom is 0.252 e. The van der Waals surface area contributed by atoms with Crippen molar-refractivity contribution in [3.63, 3.8) is 0 Å². The van der Waals surface area contributed by atoms with Gasteiger partial charge >= 0.3 is 0 Å². The van der Waals surface area contributed by atoms with Crippen LogP contribution in [0.1, 0.15) is 18.9 Å². The minimum atomic E-state index is -4.17. The minimum absolute atomic E-state index is 0.0117. The summed E-state index contributed by atoms with van der Waals surface area (Å²) in [5, 5.41) is 2.61. The van der Waals surface area contributed by atoms with Gasteiger partial charge in [-0.05, 0) is 43.3 Å². The summed E-state index contributed by atoms with van der Waals surface area (Å²) in [6.45, 7) is 2.90. The van der Waals surface area contributed by atoms with Crippen molar-refractivity contribution in [3.05, 3.63) is 54.1 Å². The summed E-state index contributed by atoms with van der Waals surface area (Å²) < 4.78 is 38.4. The van der Waals surface area contributed by atoms with E-state index in [0.717, 1.165) is 14.8 Å². The summed E-state index contributed by atoms with van der Waals surface area (Å²) in [5.74, 6) is -1.49. The highest BCUT2D eigenvalue weighted by molar-refractivity contribution is 7.89. The van der Waals surface area contributed by atoms with Crippen LogP contribution < -0.4 is 10.2 Å². The van der Waals surface area contributed by atoms with Crippen LogP contribution in [0.4, 0.5) is 11.4 Å². The molecule has 0 radical (unpaired) electrons. The highest BCUT2D eigenvalue weighted by Crippen LogP contribution is 2.30. The third-order valence-electron chi connectivity index (χ3n) is 5.40. The van der Waals surface area contributed by atoms with Gasteiger partial charge in [0.15, 0.2) is 6.29 Å². The SMILES string of the molecule is COC(CN(C1CC(=O)N(c2ccc(NC(C)=O)cc2)C1=O)S(=O)(=O)c1ccc(C)cc1)OC. The van der Waals surface area contributed by atoms with Crippen LogP contribution in [-0.4, -0.2) is 63.5 Å². The lowest BCUT2D eigenvalue weighted by Crippen LogP contribution is -2.49. The highest BCUT2D eigenvalue weighted by Gasteiger charge is 2.47. The van der Waals surface area contributed by atoms with E-state index in [1.54, 1.807) is 24.3 Å². The number of anilines is 2. The third-order valence-corrected chi connectivity index (χ3v) is 7.29. The Kier molecular flexibility index (Phi) is 7.82. The standard InChI is InChI=1S/C23H27N3O7S/c1-15-5-11-19(12-6-15)34(30,31)25(14-22(32-3)33-4)20-13-21(28)26(23(20)29)18-9-7-17(8-10-18)24-16(2)27/h5-12,20,22H,13-14H2,1-4H3,(H,24,27). The molecule has 10 nitrogen and oxygen atoms in total. The van der Waals surface area contributed by atoms with Crippen LogP contribution in [0.25, 0.3) is 0 Å². The number of carbonyl (C=O) groups excluding carboxylic acids is 3. The van der Waals surface area contributed by atoms with Gasteiger partial charge in [0.25, 0.3) is 5.91 Å². The molecule has 0 bridgehead atoms. The van der Waals surface area contributed by atoms with Gasteiger partial charge in [0, 0.05) is 26.8 Å². The van der Waals surface area contributed by atoms with E-state index >= 15 is 0 Å². The molecule has 1 unspecified atom stereocenters. The number of nitrogens with zero attached hydrogens (tertiary/aromatic N) is 2. The van der Waals surface area contributed by atoms with E-state index in [9.17, 15) is 22.8 Å². The molecular formula is C23H27N3O7S. The summed E-state index contributed by atoms with van der Waals surface area (Å²) in [6.07, 6.45) is -1.29. The number of hydrogen-bond acceptors (Lipinski definition) is 7. The Bertz CT molecular complexity index is 1160. The first kappa shape index (κ1) is 25.5. The molecule has 1 saturated heterocycles. The minimum Gasteiger partial charge on any atom is -0.354 e. The number of hydrogen-bond donors (Lipinski definition) is 1. The number of aryl methyl sites for hydroxylation is 1. The monoisotopic (exact) mass is 489 g/mol. The first-order chi connectivity index (χ1) is 16.1. The number of rotatable bonds is 9. The number of methoxy groups -OCH3 is 2. The molecule has 1 aliphatic rings. The van der Waals surface area contributed by atoms with E-state index in [-0.39, 0.29) is 29.5 Å². The zero-order chi connectivity index (χ0) is 25.0. The summed E-state index contributed by atoms with van der Waals surface area (Å²) in [5.41, 5.74) is 1.64. The second kappa shape index (κ2) is 10.4. The van der Waals surface area contributed by atoms with Gasteiger partial charge in [0.2, 0.25) is 21.8 Å². The fourth-order valence-electron chi connectivity index (χ4n) is 3.64. The molecule has 2 aromatic carbocycles. The van der Waals surface area contributed by atoms with Crippen molar-refractivity contribution >= 4 is 39.1 Å². The third kappa shape index (κ3) is 5.33. The van der Waals surface area contributed by atoms with Crippen molar-refractivity contribution in [1.29, 1.82) is 0 Å². The summed E-state index contributed by atoms with van der Waals surface area (Å²) >= 11 is 0. The molecule has 3 amide bonds. The number of benzene rings is 2. The van der Waals surface area contributed by atoms with E-state index in [1.807, 2.05) is 6.92 Å². The molecule has 0 spiro atoms. The molecule has 1 aliphatic heterocycles. The molecule has 1 heterocycles. The van der Waals surface area contributed by atoms with E-state index < -0.39 is 34.2 Å². The molecule has 0 aromatic heterocycles. The number of carbonyl (C=O) groups is 3.